The highest BCUT2D eigenvalue weighted by molar-refractivity contribution is 9.11. The second-order valence-corrected chi connectivity index (χ2v) is 4.23. The van der Waals surface area contributed by atoms with Crippen LogP contribution >= 0.6 is 15.9 Å². The van der Waals surface area contributed by atoms with Crippen molar-refractivity contribution in [2.45, 2.75) is 26.2 Å². The van der Waals surface area contributed by atoms with Gasteiger partial charge in [-0.15, -0.1) is 0 Å². The van der Waals surface area contributed by atoms with Crippen LogP contribution in [0.4, 0.5) is 0 Å². The maximum absolute atomic E-state index is 5.63. The number of rotatable bonds is 7. The fourth-order valence-corrected chi connectivity index (χ4v) is 1.86. The molecule has 0 N–H and O–H groups in total. The van der Waals surface area contributed by atoms with Crippen molar-refractivity contribution in [2.75, 3.05) is 6.61 Å². The van der Waals surface area contributed by atoms with Gasteiger partial charge in [0, 0.05) is 18.2 Å². The van der Waals surface area contributed by atoms with Gasteiger partial charge in [-0.05, 0) is 17.5 Å². The topological polar surface area (TPSA) is 22.1 Å². The van der Waals surface area contributed by atoms with Gasteiger partial charge in [-0.3, -0.25) is 0 Å². The molecule has 0 saturated heterocycles. The minimum absolute atomic E-state index is 0.460. The fraction of sp³-hybridized carbons (Fsp3) is 0.462. The van der Waals surface area contributed by atoms with Gasteiger partial charge in [0.15, 0.2) is 0 Å². The number of nitrogens with zero attached hydrogens (tertiary/aromatic N) is 1. The highest BCUT2D eigenvalue weighted by Gasteiger charge is 2.05. The molecule has 0 aromatic carbocycles. The summed E-state index contributed by atoms with van der Waals surface area (Å²) >= 11 is 3.32. The predicted octanol–water partition coefficient (Wildman–Crippen LogP) is 4.18. The first-order valence-corrected chi connectivity index (χ1v) is 6.59. The summed E-state index contributed by atoms with van der Waals surface area (Å²) in [7, 11) is 0. The lowest BCUT2D eigenvalue weighted by atomic mass is 10.0. The van der Waals surface area contributed by atoms with Gasteiger partial charge in [0.2, 0.25) is 5.88 Å². The first kappa shape index (κ1) is 13.2. The molecule has 0 saturated carbocycles. The summed E-state index contributed by atoms with van der Waals surface area (Å²) in [6.45, 7) is 2.90. The Morgan fingerprint density at radius 1 is 1.50 bits per heavy atom. The standard InChI is InChI=1S/C13H18BrNO/c1-2-3-6-12(8-9-14)11-16-13-7-4-5-10-15-13/h4-5,7-10,12H,2-3,6,11H2,1H3. The van der Waals surface area contributed by atoms with E-state index in [1.165, 1.54) is 12.8 Å². The lowest BCUT2D eigenvalue weighted by Crippen LogP contribution is -2.10. The number of aromatic nitrogens is 1. The van der Waals surface area contributed by atoms with Gasteiger partial charge in [-0.25, -0.2) is 4.98 Å². The molecule has 0 amide bonds. The van der Waals surface area contributed by atoms with Crippen LogP contribution in [0.2, 0.25) is 0 Å². The minimum atomic E-state index is 0.460. The van der Waals surface area contributed by atoms with E-state index in [9.17, 15) is 0 Å². The van der Waals surface area contributed by atoms with Gasteiger partial charge < -0.3 is 4.74 Å². The zero-order valence-corrected chi connectivity index (χ0v) is 11.2. The Morgan fingerprint density at radius 2 is 2.38 bits per heavy atom. The maximum Gasteiger partial charge on any atom is 0.213 e. The number of unbranched alkanes of at least 4 members (excludes halogenated alkanes) is 1. The molecule has 0 radical (unpaired) electrons. The Morgan fingerprint density at radius 3 is 3.00 bits per heavy atom. The molecule has 1 aromatic heterocycles. The Hall–Kier alpha value is -0.830. The average molecular weight is 284 g/mol. The lowest BCUT2D eigenvalue weighted by molar-refractivity contribution is 0.257. The Kier molecular flexibility index (Phi) is 6.90. The maximum atomic E-state index is 5.63. The van der Waals surface area contributed by atoms with Gasteiger partial charge in [0.1, 0.15) is 0 Å². The van der Waals surface area contributed by atoms with Crippen LogP contribution in [0.1, 0.15) is 26.2 Å². The minimum Gasteiger partial charge on any atom is -0.477 e. The van der Waals surface area contributed by atoms with Crippen LogP contribution in [-0.2, 0) is 0 Å². The van der Waals surface area contributed by atoms with Crippen molar-refractivity contribution in [1.29, 1.82) is 0 Å². The van der Waals surface area contributed by atoms with E-state index in [0.29, 0.717) is 18.4 Å². The molecule has 1 atom stereocenters. The zero-order chi connectivity index (χ0) is 11.6. The highest BCUT2D eigenvalue weighted by atomic mass is 79.9. The first-order chi connectivity index (χ1) is 7.86. The Labute approximate surface area is 106 Å². The van der Waals surface area contributed by atoms with Crippen LogP contribution in [0, 0.1) is 5.92 Å². The van der Waals surface area contributed by atoms with Crippen molar-refractivity contribution in [3.8, 4) is 5.88 Å². The van der Waals surface area contributed by atoms with E-state index in [-0.39, 0.29) is 0 Å². The molecule has 88 valence electrons. The number of pyridine rings is 1. The highest BCUT2D eigenvalue weighted by Crippen LogP contribution is 2.13. The van der Waals surface area contributed by atoms with E-state index in [0.717, 1.165) is 6.42 Å². The fourth-order valence-electron chi connectivity index (χ4n) is 1.43. The quantitative estimate of drug-likeness (QED) is 0.749. The van der Waals surface area contributed by atoms with Crippen molar-refractivity contribution in [3.05, 3.63) is 35.5 Å². The summed E-state index contributed by atoms with van der Waals surface area (Å²) in [6, 6.07) is 5.71. The third-order valence-corrected chi connectivity index (χ3v) is 2.66. The Balaban J connectivity index is 2.37. The van der Waals surface area contributed by atoms with Gasteiger partial charge in [-0.2, -0.15) is 0 Å². The van der Waals surface area contributed by atoms with Crippen LogP contribution in [0.15, 0.2) is 35.5 Å². The van der Waals surface area contributed by atoms with E-state index >= 15 is 0 Å². The van der Waals surface area contributed by atoms with Gasteiger partial charge in [0.05, 0.1) is 6.61 Å². The number of halogens is 1. The van der Waals surface area contributed by atoms with Crippen molar-refractivity contribution >= 4 is 15.9 Å². The van der Waals surface area contributed by atoms with Crippen LogP contribution in [0.25, 0.3) is 0 Å². The normalized spacial score (nSPS) is 12.9. The van der Waals surface area contributed by atoms with Gasteiger partial charge >= 0.3 is 0 Å². The second-order valence-electron chi connectivity index (χ2n) is 3.70. The zero-order valence-electron chi connectivity index (χ0n) is 9.60. The van der Waals surface area contributed by atoms with Gasteiger partial charge in [-0.1, -0.05) is 47.8 Å². The summed E-state index contributed by atoms with van der Waals surface area (Å²) < 4.78 is 5.63. The lowest BCUT2D eigenvalue weighted by Gasteiger charge is -2.12. The molecule has 1 heterocycles. The van der Waals surface area contributed by atoms with Crippen LogP contribution in [0.3, 0.4) is 0 Å². The molecule has 3 heteroatoms. The molecule has 1 rings (SSSR count). The monoisotopic (exact) mass is 283 g/mol. The largest absolute Gasteiger partial charge is 0.477 e. The van der Waals surface area contributed by atoms with Crippen molar-refractivity contribution in [3.63, 3.8) is 0 Å². The number of hydrogen-bond donors (Lipinski definition) is 0. The van der Waals surface area contributed by atoms with E-state index in [4.69, 9.17) is 4.74 Å². The molecule has 1 aromatic rings. The summed E-state index contributed by atoms with van der Waals surface area (Å²) in [6.07, 6.45) is 7.49. The molecule has 0 aliphatic rings. The van der Waals surface area contributed by atoms with Crippen LogP contribution in [0.5, 0.6) is 5.88 Å². The summed E-state index contributed by atoms with van der Waals surface area (Å²) in [5.74, 6) is 1.16. The molecule has 0 fully saturated rings. The third-order valence-electron chi connectivity index (χ3n) is 2.36. The van der Waals surface area contributed by atoms with E-state index in [1.807, 2.05) is 23.2 Å². The SMILES string of the molecule is CCCCC(C=CBr)COc1ccccn1. The molecule has 0 spiro atoms. The molecule has 0 aliphatic carbocycles. The molecule has 16 heavy (non-hydrogen) atoms. The molecule has 1 unspecified atom stereocenters. The van der Waals surface area contributed by atoms with Crippen molar-refractivity contribution in [2.24, 2.45) is 5.92 Å². The molecule has 2 nitrogen and oxygen atoms in total. The van der Waals surface area contributed by atoms with Crippen LogP contribution < -0.4 is 4.74 Å². The molecule has 0 bridgehead atoms. The first-order valence-electron chi connectivity index (χ1n) is 5.67. The summed E-state index contributed by atoms with van der Waals surface area (Å²) in [5, 5.41) is 0. The van der Waals surface area contributed by atoms with Crippen LogP contribution in [-0.4, -0.2) is 11.6 Å². The van der Waals surface area contributed by atoms with E-state index < -0.39 is 0 Å². The summed E-state index contributed by atoms with van der Waals surface area (Å²) in [4.78, 5) is 6.04. The van der Waals surface area contributed by atoms with E-state index in [1.54, 1.807) is 6.20 Å². The smallest absolute Gasteiger partial charge is 0.213 e. The number of hydrogen-bond acceptors (Lipinski definition) is 2. The third kappa shape index (κ3) is 5.31. The number of ether oxygens (including phenoxy) is 1. The molecule has 0 aliphatic heterocycles. The molecular weight excluding hydrogens is 266 g/mol. The van der Waals surface area contributed by atoms with Gasteiger partial charge in [0.25, 0.3) is 0 Å². The Bertz CT molecular complexity index is 300. The summed E-state index contributed by atoms with van der Waals surface area (Å²) in [5.41, 5.74) is 0. The van der Waals surface area contributed by atoms with E-state index in [2.05, 4.69) is 33.9 Å². The van der Waals surface area contributed by atoms with Crippen molar-refractivity contribution in [1.82, 2.24) is 4.98 Å². The molecular formula is C13H18BrNO. The van der Waals surface area contributed by atoms with Crippen molar-refractivity contribution < 1.29 is 4.74 Å². The predicted molar refractivity (Wildman–Crippen MR) is 70.8 cm³/mol. The second kappa shape index (κ2) is 8.34. The average Bonchev–Trinajstić information content (AvgIpc) is 2.34.